The van der Waals surface area contributed by atoms with Crippen molar-refractivity contribution in [3.63, 3.8) is 0 Å². The fourth-order valence-corrected chi connectivity index (χ4v) is 2.65. The molecule has 120 valence electrons. The first-order valence-electron chi connectivity index (χ1n) is 7.41. The fourth-order valence-electron chi connectivity index (χ4n) is 2.65. The maximum absolute atomic E-state index is 12.9. The van der Waals surface area contributed by atoms with Gasteiger partial charge < -0.3 is 14.6 Å². The van der Waals surface area contributed by atoms with E-state index in [1.807, 2.05) is 25.1 Å². The van der Waals surface area contributed by atoms with Crippen molar-refractivity contribution in [3.05, 3.63) is 65.1 Å². The molecule has 24 heavy (non-hydrogen) atoms. The minimum atomic E-state index is -0.425. The van der Waals surface area contributed by atoms with Crippen LogP contribution in [0.3, 0.4) is 0 Å². The molecule has 0 radical (unpaired) electrons. The van der Waals surface area contributed by atoms with Crippen LogP contribution in [0.4, 0.5) is 10.1 Å². The zero-order chi connectivity index (χ0) is 16.7. The lowest BCUT2D eigenvalue weighted by Crippen LogP contribution is -2.16. The number of aromatic nitrogens is 1. The summed E-state index contributed by atoms with van der Waals surface area (Å²) in [4.78, 5) is 12.4. The molecule has 6 heteroatoms. The molecule has 4 rings (SSSR count). The van der Waals surface area contributed by atoms with Crippen LogP contribution in [0.25, 0.3) is 11.3 Å². The summed E-state index contributed by atoms with van der Waals surface area (Å²) in [6.45, 7) is 2.17. The molecule has 1 aliphatic heterocycles. The summed E-state index contributed by atoms with van der Waals surface area (Å²) >= 11 is 0. The Morgan fingerprint density at radius 3 is 2.79 bits per heavy atom. The quantitative estimate of drug-likeness (QED) is 0.775. The highest BCUT2D eigenvalue weighted by molar-refractivity contribution is 6.04. The zero-order valence-corrected chi connectivity index (χ0v) is 12.8. The number of anilines is 1. The molecule has 1 N–H and O–H groups in total. The molecule has 0 fully saturated rings. The van der Waals surface area contributed by atoms with Gasteiger partial charge in [-0.25, -0.2) is 4.39 Å². The van der Waals surface area contributed by atoms with Gasteiger partial charge >= 0.3 is 0 Å². The molecule has 0 bridgehead atoms. The maximum atomic E-state index is 12.9. The summed E-state index contributed by atoms with van der Waals surface area (Å²) in [5.74, 6) is 0.456. The van der Waals surface area contributed by atoms with Crippen LogP contribution in [0.2, 0.25) is 0 Å². The number of carbonyl (C=O) groups is 1. The third-order valence-corrected chi connectivity index (χ3v) is 3.86. The number of amides is 1. The number of hydrogen-bond acceptors (Lipinski definition) is 4. The van der Waals surface area contributed by atoms with Crippen LogP contribution in [0, 0.1) is 12.7 Å². The first-order valence-corrected chi connectivity index (χ1v) is 7.41. The highest BCUT2D eigenvalue weighted by Crippen LogP contribution is 2.39. The van der Waals surface area contributed by atoms with Crippen molar-refractivity contribution in [3.8, 4) is 17.1 Å². The van der Waals surface area contributed by atoms with Gasteiger partial charge in [-0.05, 0) is 43.3 Å². The van der Waals surface area contributed by atoms with E-state index in [0.29, 0.717) is 22.8 Å². The molecule has 5 nitrogen and oxygen atoms in total. The van der Waals surface area contributed by atoms with Gasteiger partial charge in [-0.1, -0.05) is 16.8 Å². The zero-order valence-electron chi connectivity index (χ0n) is 12.8. The van der Waals surface area contributed by atoms with Gasteiger partial charge in [0.2, 0.25) is 0 Å². The van der Waals surface area contributed by atoms with Gasteiger partial charge in [0.25, 0.3) is 5.91 Å². The molecular formula is C18H13FN2O3. The fraction of sp³-hybridized carbons (Fsp3) is 0.111. The van der Waals surface area contributed by atoms with Crippen LogP contribution >= 0.6 is 0 Å². The smallest absolute Gasteiger partial charge is 0.278 e. The first-order chi connectivity index (χ1) is 11.6. The van der Waals surface area contributed by atoms with Crippen LogP contribution in [0.5, 0.6) is 5.75 Å². The van der Waals surface area contributed by atoms with Crippen LogP contribution in [0.1, 0.15) is 21.6 Å². The molecule has 0 saturated heterocycles. The van der Waals surface area contributed by atoms with Crippen LogP contribution in [-0.4, -0.2) is 11.1 Å². The van der Waals surface area contributed by atoms with Gasteiger partial charge in [-0.2, -0.15) is 0 Å². The number of halogens is 1. The van der Waals surface area contributed by atoms with Crippen molar-refractivity contribution in [2.45, 2.75) is 13.5 Å². The lowest BCUT2D eigenvalue weighted by Gasteiger charge is -2.16. The molecule has 2 heterocycles. The van der Waals surface area contributed by atoms with Crippen LogP contribution < -0.4 is 10.1 Å². The van der Waals surface area contributed by atoms with E-state index in [1.54, 1.807) is 0 Å². The summed E-state index contributed by atoms with van der Waals surface area (Å²) in [5, 5.41) is 6.57. The lowest BCUT2D eigenvalue weighted by molar-refractivity contribution is 0.101. The third kappa shape index (κ3) is 2.42. The predicted octanol–water partition coefficient (Wildman–Crippen LogP) is 3.93. The average Bonchev–Trinajstić information content (AvgIpc) is 3.01. The van der Waals surface area contributed by atoms with Gasteiger partial charge in [0, 0.05) is 5.69 Å². The second-order valence-electron chi connectivity index (χ2n) is 5.59. The highest BCUT2D eigenvalue weighted by Gasteiger charge is 2.28. The van der Waals surface area contributed by atoms with E-state index >= 15 is 0 Å². The van der Waals surface area contributed by atoms with Crippen molar-refractivity contribution >= 4 is 11.6 Å². The van der Waals surface area contributed by atoms with Gasteiger partial charge in [0.1, 0.15) is 18.2 Å². The molecule has 1 amide bonds. The Morgan fingerprint density at radius 2 is 2.00 bits per heavy atom. The van der Waals surface area contributed by atoms with Gasteiger partial charge in [0.15, 0.2) is 11.5 Å². The standard InChI is InChI=1S/C18H13FN2O3/c1-10-2-7-15-13(8-10)17-14(9-23-15)16(21-24-17)18(22)20-12-5-3-11(19)4-6-12/h2-8H,9H2,1H3,(H,20,22). The molecule has 3 aromatic rings. The Bertz CT molecular complexity index is 932. The van der Waals surface area contributed by atoms with Gasteiger partial charge in [-0.15, -0.1) is 0 Å². The number of nitrogens with zero attached hydrogens (tertiary/aromatic N) is 1. The maximum Gasteiger partial charge on any atom is 0.278 e. The molecule has 0 spiro atoms. The van der Waals surface area contributed by atoms with E-state index in [-0.39, 0.29) is 18.1 Å². The minimum Gasteiger partial charge on any atom is -0.488 e. The topological polar surface area (TPSA) is 64.4 Å². The van der Waals surface area contributed by atoms with E-state index < -0.39 is 5.91 Å². The Labute approximate surface area is 137 Å². The van der Waals surface area contributed by atoms with Crippen LogP contribution in [0.15, 0.2) is 47.0 Å². The Morgan fingerprint density at radius 1 is 1.21 bits per heavy atom. The summed E-state index contributed by atoms with van der Waals surface area (Å²) in [5.41, 5.74) is 3.09. The first kappa shape index (κ1) is 14.4. The van der Waals surface area contributed by atoms with Crippen molar-refractivity contribution in [1.82, 2.24) is 5.16 Å². The molecule has 0 atom stereocenters. The Balaban J connectivity index is 1.67. The molecule has 0 unspecified atom stereocenters. The number of ether oxygens (including phenoxy) is 1. The number of aryl methyl sites for hydroxylation is 1. The second-order valence-corrected chi connectivity index (χ2v) is 5.59. The SMILES string of the molecule is Cc1ccc2c(c1)-c1onc(C(=O)Nc3ccc(F)cc3)c1CO2. The van der Waals surface area contributed by atoms with Crippen molar-refractivity contribution in [2.24, 2.45) is 0 Å². The molecule has 1 aromatic heterocycles. The monoisotopic (exact) mass is 324 g/mol. The molecule has 0 aliphatic carbocycles. The summed E-state index contributed by atoms with van der Waals surface area (Å²) in [7, 11) is 0. The molecule has 1 aliphatic rings. The molecule has 0 saturated carbocycles. The lowest BCUT2D eigenvalue weighted by atomic mass is 10.0. The number of carbonyl (C=O) groups excluding carboxylic acids is 1. The van der Waals surface area contributed by atoms with Crippen LogP contribution in [-0.2, 0) is 6.61 Å². The normalized spacial score (nSPS) is 12.1. The van der Waals surface area contributed by atoms with E-state index in [2.05, 4.69) is 10.5 Å². The number of hydrogen-bond donors (Lipinski definition) is 1. The second kappa shape index (κ2) is 5.49. The molecular weight excluding hydrogens is 311 g/mol. The highest BCUT2D eigenvalue weighted by atomic mass is 19.1. The van der Waals surface area contributed by atoms with E-state index in [9.17, 15) is 9.18 Å². The number of benzene rings is 2. The predicted molar refractivity (Wildman–Crippen MR) is 85.4 cm³/mol. The Kier molecular flexibility index (Phi) is 3.30. The largest absolute Gasteiger partial charge is 0.488 e. The number of rotatable bonds is 2. The minimum absolute atomic E-state index is 0.168. The van der Waals surface area contributed by atoms with Crippen molar-refractivity contribution in [1.29, 1.82) is 0 Å². The van der Waals surface area contributed by atoms with Gasteiger partial charge in [-0.3, -0.25) is 4.79 Å². The van der Waals surface area contributed by atoms with E-state index in [0.717, 1.165) is 11.1 Å². The average molecular weight is 324 g/mol. The van der Waals surface area contributed by atoms with E-state index in [4.69, 9.17) is 9.26 Å². The summed E-state index contributed by atoms with van der Waals surface area (Å²) in [6.07, 6.45) is 0. The van der Waals surface area contributed by atoms with Crippen molar-refractivity contribution in [2.75, 3.05) is 5.32 Å². The van der Waals surface area contributed by atoms with E-state index in [1.165, 1.54) is 24.3 Å². The summed E-state index contributed by atoms with van der Waals surface area (Å²) < 4.78 is 24.0. The number of fused-ring (bicyclic) bond motifs is 3. The number of nitrogens with one attached hydrogen (secondary N) is 1. The summed E-state index contributed by atoms with van der Waals surface area (Å²) in [6, 6.07) is 11.3. The third-order valence-electron chi connectivity index (χ3n) is 3.86. The van der Waals surface area contributed by atoms with Gasteiger partial charge in [0.05, 0.1) is 11.1 Å². The van der Waals surface area contributed by atoms with Crippen molar-refractivity contribution < 1.29 is 18.4 Å². The molecule has 2 aromatic carbocycles. The Hall–Kier alpha value is -3.15.